The van der Waals surface area contributed by atoms with Crippen molar-refractivity contribution in [3.8, 4) is 6.07 Å². The first-order valence-electron chi connectivity index (χ1n) is 7.21. The van der Waals surface area contributed by atoms with Crippen LogP contribution >= 0.6 is 0 Å². The molecule has 2 aliphatic rings. The van der Waals surface area contributed by atoms with Gasteiger partial charge in [0.15, 0.2) is 0 Å². The zero-order valence-corrected chi connectivity index (χ0v) is 10.8. The minimum Gasteiger partial charge on any atom is -0.302 e. The number of nitriles is 1. The van der Waals surface area contributed by atoms with Crippen molar-refractivity contribution < 1.29 is 0 Å². The van der Waals surface area contributed by atoms with Gasteiger partial charge in [-0.1, -0.05) is 19.3 Å². The van der Waals surface area contributed by atoms with Gasteiger partial charge < -0.3 is 10.2 Å². The van der Waals surface area contributed by atoms with Crippen LogP contribution in [0.1, 0.15) is 44.9 Å². The first kappa shape index (κ1) is 12.9. The van der Waals surface area contributed by atoms with Crippen LogP contribution < -0.4 is 5.32 Å². The molecule has 96 valence electrons. The maximum Gasteiger partial charge on any atom is 0.0843 e. The Hall–Kier alpha value is -0.590. The summed E-state index contributed by atoms with van der Waals surface area (Å²) in [5.74, 6) is 0.943. The second-order valence-corrected chi connectivity index (χ2v) is 5.64. The average Bonchev–Trinajstić information content (AvgIpc) is 2.38. The van der Waals surface area contributed by atoms with Crippen LogP contribution in [0.25, 0.3) is 0 Å². The van der Waals surface area contributed by atoms with Gasteiger partial charge in [-0.2, -0.15) is 5.26 Å². The van der Waals surface area contributed by atoms with E-state index in [1.54, 1.807) is 0 Å². The number of nitrogens with zero attached hydrogens (tertiary/aromatic N) is 2. The molecule has 0 aromatic heterocycles. The van der Waals surface area contributed by atoms with Crippen molar-refractivity contribution in [2.75, 3.05) is 26.2 Å². The predicted molar refractivity (Wildman–Crippen MR) is 69.7 cm³/mol. The molecule has 3 nitrogen and oxygen atoms in total. The summed E-state index contributed by atoms with van der Waals surface area (Å²) >= 11 is 0. The molecule has 0 spiro atoms. The smallest absolute Gasteiger partial charge is 0.0843 e. The van der Waals surface area contributed by atoms with Crippen LogP contribution in [0.4, 0.5) is 0 Å². The van der Waals surface area contributed by atoms with E-state index in [-0.39, 0.29) is 0 Å². The van der Waals surface area contributed by atoms with Gasteiger partial charge in [0.25, 0.3) is 0 Å². The van der Waals surface area contributed by atoms with Crippen molar-refractivity contribution in [2.45, 2.75) is 51.0 Å². The molecule has 1 saturated heterocycles. The number of hydrogen-bond acceptors (Lipinski definition) is 3. The van der Waals surface area contributed by atoms with Crippen molar-refractivity contribution in [2.24, 2.45) is 5.92 Å². The van der Waals surface area contributed by atoms with Crippen molar-refractivity contribution >= 4 is 0 Å². The molecular formula is C14H25N3. The molecule has 1 aliphatic heterocycles. The standard InChI is InChI=1S/C14H25N3/c15-8-9-16-14-7-4-10-17(12-14)11-13-5-2-1-3-6-13/h13-14,16H,1-7,9-12H2. The van der Waals surface area contributed by atoms with Gasteiger partial charge in [-0.05, 0) is 38.1 Å². The summed E-state index contributed by atoms with van der Waals surface area (Å²) in [7, 11) is 0. The Morgan fingerprint density at radius 1 is 1.12 bits per heavy atom. The topological polar surface area (TPSA) is 39.1 Å². The quantitative estimate of drug-likeness (QED) is 0.759. The average molecular weight is 235 g/mol. The number of nitrogens with one attached hydrogen (secondary N) is 1. The van der Waals surface area contributed by atoms with Gasteiger partial charge in [0.2, 0.25) is 0 Å². The SMILES string of the molecule is N#CCNC1CCCN(CC2CCCCC2)C1. The van der Waals surface area contributed by atoms with Crippen LogP contribution in [-0.4, -0.2) is 37.1 Å². The first-order chi connectivity index (χ1) is 8.38. The predicted octanol–water partition coefficient (Wildman–Crippen LogP) is 2.14. The lowest BCUT2D eigenvalue weighted by Crippen LogP contribution is -2.47. The van der Waals surface area contributed by atoms with Gasteiger partial charge in [0, 0.05) is 19.1 Å². The van der Waals surface area contributed by atoms with E-state index in [1.807, 2.05) is 0 Å². The Bertz CT molecular complexity index is 253. The van der Waals surface area contributed by atoms with E-state index >= 15 is 0 Å². The van der Waals surface area contributed by atoms with Crippen molar-refractivity contribution in [1.29, 1.82) is 5.26 Å². The maximum absolute atomic E-state index is 8.60. The molecule has 0 radical (unpaired) electrons. The second kappa shape index (κ2) is 6.98. The summed E-state index contributed by atoms with van der Waals surface area (Å²) < 4.78 is 0. The summed E-state index contributed by atoms with van der Waals surface area (Å²) in [4.78, 5) is 2.62. The molecule has 0 aromatic rings. The summed E-state index contributed by atoms with van der Waals surface area (Å²) in [6, 6.07) is 2.73. The molecule has 3 heteroatoms. The second-order valence-electron chi connectivity index (χ2n) is 5.64. The Morgan fingerprint density at radius 2 is 1.94 bits per heavy atom. The molecule has 1 atom stereocenters. The molecule has 17 heavy (non-hydrogen) atoms. The third-order valence-corrected chi connectivity index (χ3v) is 4.22. The van der Waals surface area contributed by atoms with Crippen LogP contribution in [0.5, 0.6) is 0 Å². The van der Waals surface area contributed by atoms with Crippen LogP contribution in [0.15, 0.2) is 0 Å². The van der Waals surface area contributed by atoms with Crippen molar-refractivity contribution in [3.63, 3.8) is 0 Å². The lowest BCUT2D eigenvalue weighted by molar-refractivity contribution is 0.151. The molecule has 1 aliphatic carbocycles. The van der Waals surface area contributed by atoms with E-state index in [0.717, 1.165) is 12.5 Å². The largest absolute Gasteiger partial charge is 0.302 e. The normalized spacial score (nSPS) is 27.8. The third-order valence-electron chi connectivity index (χ3n) is 4.22. The maximum atomic E-state index is 8.60. The minimum atomic E-state index is 0.502. The van der Waals surface area contributed by atoms with E-state index in [1.165, 1.54) is 58.0 Å². The zero-order valence-electron chi connectivity index (χ0n) is 10.8. The highest BCUT2D eigenvalue weighted by Gasteiger charge is 2.22. The first-order valence-corrected chi connectivity index (χ1v) is 7.21. The van der Waals surface area contributed by atoms with Crippen LogP contribution in [-0.2, 0) is 0 Å². The monoisotopic (exact) mass is 235 g/mol. The van der Waals surface area contributed by atoms with Gasteiger partial charge in [0.05, 0.1) is 12.6 Å². The third kappa shape index (κ3) is 4.29. The van der Waals surface area contributed by atoms with Crippen LogP contribution in [0.3, 0.4) is 0 Å². The Balaban J connectivity index is 1.71. The summed E-state index contributed by atoms with van der Waals surface area (Å²) in [6.07, 6.45) is 9.73. The van der Waals surface area contributed by atoms with E-state index in [9.17, 15) is 0 Å². The lowest BCUT2D eigenvalue weighted by Gasteiger charge is -2.36. The summed E-state index contributed by atoms with van der Waals surface area (Å²) in [5, 5.41) is 11.9. The highest BCUT2D eigenvalue weighted by Crippen LogP contribution is 2.25. The number of likely N-dealkylation sites (tertiary alicyclic amines) is 1. The molecule has 1 saturated carbocycles. The molecule has 1 unspecified atom stereocenters. The highest BCUT2D eigenvalue weighted by molar-refractivity contribution is 4.84. The molecule has 2 fully saturated rings. The van der Waals surface area contributed by atoms with Gasteiger partial charge in [0.1, 0.15) is 0 Å². The van der Waals surface area contributed by atoms with Gasteiger partial charge >= 0.3 is 0 Å². The molecule has 0 aromatic carbocycles. The van der Waals surface area contributed by atoms with E-state index in [2.05, 4.69) is 16.3 Å². The minimum absolute atomic E-state index is 0.502. The Morgan fingerprint density at radius 3 is 2.71 bits per heavy atom. The number of piperidine rings is 1. The number of rotatable bonds is 4. The fourth-order valence-corrected chi connectivity index (χ4v) is 3.31. The molecule has 1 N–H and O–H groups in total. The molecule has 2 rings (SSSR count). The van der Waals surface area contributed by atoms with E-state index in [0.29, 0.717) is 12.6 Å². The van der Waals surface area contributed by atoms with Gasteiger partial charge in [-0.15, -0.1) is 0 Å². The summed E-state index contributed by atoms with van der Waals surface area (Å²) in [5.41, 5.74) is 0. The number of hydrogen-bond donors (Lipinski definition) is 1. The van der Waals surface area contributed by atoms with Crippen molar-refractivity contribution in [1.82, 2.24) is 10.2 Å². The fourth-order valence-electron chi connectivity index (χ4n) is 3.31. The van der Waals surface area contributed by atoms with Gasteiger partial charge in [-0.3, -0.25) is 0 Å². The van der Waals surface area contributed by atoms with Gasteiger partial charge in [-0.25, -0.2) is 0 Å². The van der Waals surface area contributed by atoms with E-state index < -0.39 is 0 Å². The Labute approximate surface area is 105 Å². The van der Waals surface area contributed by atoms with E-state index in [4.69, 9.17) is 5.26 Å². The molecular weight excluding hydrogens is 210 g/mol. The van der Waals surface area contributed by atoms with Crippen LogP contribution in [0, 0.1) is 17.2 Å². The molecule has 0 amide bonds. The summed E-state index contributed by atoms with van der Waals surface area (Å²) in [6.45, 7) is 4.21. The van der Waals surface area contributed by atoms with Crippen LogP contribution in [0.2, 0.25) is 0 Å². The fraction of sp³-hybridized carbons (Fsp3) is 0.929. The molecule has 0 bridgehead atoms. The highest BCUT2D eigenvalue weighted by atomic mass is 15.2. The van der Waals surface area contributed by atoms with Crippen molar-refractivity contribution in [3.05, 3.63) is 0 Å². The zero-order chi connectivity index (χ0) is 11.9. The lowest BCUT2D eigenvalue weighted by atomic mass is 9.88. The Kier molecular flexibility index (Phi) is 5.28. The molecule has 1 heterocycles.